The van der Waals surface area contributed by atoms with E-state index in [4.69, 9.17) is 15.2 Å². The van der Waals surface area contributed by atoms with E-state index >= 15 is 0 Å². The molecule has 2 saturated heterocycles. The molecular weight excluding hydrogens is 282 g/mol. The lowest BCUT2D eigenvalue weighted by molar-refractivity contribution is -0.485. The first-order chi connectivity index (χ1) is 10.1. The first-order valence-electron chi connectivity index (χ1n) is 6.83. The third kappa shape index (κ3) is 4.45. The smallest absolute Gasteiger partial charge is 0.409 e. The fourth-order valence-electron chi connectivity index (χ4n) is 2.30. The topological polar surface area (TPSA) is 124 Å². The van der Waals surface area contributed by atoms with E-state index in [1.807, 2.05) is 0 Å². The average Bonchev–Trinajstić information content (AvgIpc) is 2.97. The number of carbonyl (C=O) groups is 1. The number of guanidine groups is 1. The second-order valence-corrected chi connectivity index (χ2v) is 4.88. The molecule has 2 N–H and O–H groups in total. The predicted molar refractivity (Wildman–Crippen MR) is 72.1 cm³/mol. The van der Waals surface area contributed by atoms with Crippen LogP contribution < -0.4 is 5.73 Å². The molecule has 1 atom stereocenters. The lowest BCUT2D eigenvalue weighted by atomic mass is 10.2. The SMILES string of the molecule is NC(=N[N+](=O)[O-])N1CCN(C(=O)OCC2CCCO2)CC1. The van der Waals surface area contributed by atoms with Crippen LogP contribution in [0.1, 0.15) is 12.8 Å². The molecule has 0 aliphatic carbocycles. The summed E-state index contributed by atoms with van der Waals surface area (Å²) in [5, 5.41) is 12.5. The molecule has 0 saturated carbocycles. The van der Waals surface area contributed by atoms with Crippen molar-refractivity contribution in [3.05, 3.63) is 10.1 Å². The Hall–Kier alpha value is -2.10. The van der Waals surface area contributed by atoms with Gasteiger partial charge in [-0.2, -0.15) is 0 Å². The Kier molecular flexibility index (Phi) is 5.14. The Morgan fingerprint density at radius 2 is 2.05 bits per heavy atom. The van der Waals surface area contributed by atoms with Crippen LogP contribution in [-0.4, -0.2) is 72.4 Å². The van der Waals surface area contributed by atoms with Gasteiger partial charge in [-0.1, -0.05) is 0 Å². The van der Waals surface area contributed by atoms with Gasteiger partial charge in [0, 0.05) is 32.8 Å². The average molecular weight is 301 g/mol. The number of hydrogen-bond donors (Lipinski definition) is 1. The molecule has 0 aromatic carbocycles. The minimum Gasteiger partial charge on any atom is -0.447 e. The molecule has 0 bridgehead atoms. The van der Waals surface area contributed by atoms with Crippen LogP contribution in [0.2, 0.25) is 0 Å². The molecule has 10 heteroatoms. The van der Waals surface area contributed by atoms with Crippen molar-refractivity contribution in [1.82, 2.24) is 9.80 Å². The van der Waals surface area contributed by atoms with Crippen molar-refractivity contribution >= 4 is 12.1 Å². The molecule has 10 nitrogen and oxygen atoms in total. The third-order valence-electron chi connectivity index (χ3n) is 3.46. The van der Waals surface area contributed by atoms with Gasteiger partial charge in [-0.3, -0.25) is 0 Å². The highest BCUT2D eigenvalue weighted by atomic mass is 16.7. The van der Waals surface area contributed by atoms with Crippen LogP contribution in [0.5, 0.6) is 0 Å². The van der Waals surface area contributed by atoms with E-state index in [1.165, 1.54) is 0 Å². The predicted octanol–water partition coefficient (Wildman–Crippen LogP) is -0.574. The Morgan fingerprint density at radius 3 is 2.62 bits per heavy atom. The minimum absolute atomic E-state index is 0.00175. The fourth-order valence-corrected chi connectivity index (χ4v) is 2.30. The highest BCUT2D eigenvalue weighted by Gasteiger charge is 2.25. The van der Waals surface area contributed by atoms with Crippen LogP contribution in [0.3, 0.4) is 0 Å². The molecule has 118 valence electrons. The first kappa shape index (κ1) is 15.3. The van der Waals surface area contributed by atoms with Crippen molar-refractivity contribution in [3.63, 3.8) is 0 Å². The normalized spacial score (nSPS) is 23.2. The van der Waals surface area contributed by atoms with Crippen LogP contribution in [0, 0.1) is 10.1 Å². The number of hydrogen-bond acceptors (Lipinski definition) is 5. The van der Waals surface area contributed by atoms with Gasteiger partial charge in [-0.25, -0.2) is 14.9 Å². The van der Waals surface area contributed by atoms with Crippen molar-refractivity contribution in [3.8, 4) is 0 Å². The van der Waals surface area contributed by atoms with Crippen molar-refractivity contribution in [2.45, 2.75) is 18.9 Å². The molecule has 2 heterocycles. The van der Waals surface area contributed by atoms with E-state index in [-0.39, 0.29) is 18.7 Å². The van der Waals surface area contributed by atoms with E-state index in [9.17, 15) is 14.9 Å². The number of rotatable bonds is 3. The van der Waals surface area contributed by atoms with Gasteiger partial charge >= 0.3 is 6.09 Å². The van der Waals surface area contributed by atoms with Gasteiger partial charge in [0.25, 0.3) is 5.96 Å². The van der Waals surface area contributed by atoms with Crippen molar-refractivity contribution in [2.24, 2.45) is 10.8 Å². The number of carbonyl (C=O) groups excluding carboxylic acids is 1. The van der Waals surface area contributed by atoms with E-state index in [2.05, 4.69) is 5.10 Å². The van der Waals surface area contributed by atoms with Gasteiger partial charge in [0.05, 0.1) is 6.10 Å². The van der Waals surface area contributed by atoms with Crippen molar-refractivity contribution < 1.29 is 19.3 Å². The van der Waals surface area contributed by atoms with Crippen LogP contribution in [0.4, 0.5) is 4.79 Å². The molecule has 2 fully saturated rings. The molecule has 2 aliphatic rings. The summed E-state index contributed by atoms with van der Waals surface area (Å²) in [6, 6.07) is 0. The highest BCUT2D eigenvalue weighted by Crippen LogP contribution is 2.13. The van der Waals surface area contributed by atoms with E-state index in [0.717, 1.165) is 19.4 Å². The van der Waals surface area contributed by atoms with Crippen LogP contribution in [0.25, 0.3) is 0 Å². The Bertz CT molecular complexity index is 415. The van der Waals surface area contributed by atoms with Gasteiger partial charge in [0.1, 0.15) is 11.7 Å². The zero-order valence-corrected chi connectivity index (χ0v) is 11.6. The summed E-state index contributed by atoms with van der Waals surface area (Å²) in [4.78, 5) is 25.2. The lowest BCUT2D eigenvalue weighted by Gasteiger charge is -2.33. The highest BCUT2D eigenvalue weighted by molar-refractivity contribution is 5.77. The molecule has 2 aliphatic heterocycles. The molecule has 0 spiro atoms. The standard InChI is InChI=1S/C11H19N5O5/c12-10(13-16(18)19)14-3-5-15(6-4-14)11(17)21-8-9-2-1-7-20-9/h9H,1-8H2,(H2,12,13). The molecule has 0 aromatic rings. The summed E-state index contributed by atoms with van der Waals surface area (Å²) in [5.41, 5.74) is 5.50. The number of nitrogens with two attached hydrogens (primary N) is 1. The molecule has 0 aromatic heterocycles. The van der Waals surface area contributed by atoms with Crippen LogP contribution >= 0.6 is 0 Å². The number of nitrogens with zero attached hydrogens (tertiary/aromatic N) is 4. The number of nitro groups is 1. The summed E-state index contributed by atoms with van der Waals surface area (Å²) in [7, 11) is 0. The van der Waals surface area contributed by atoms with E-state index in [1.54, 1.807) is 9.80 Å². The first-order valence-corrected chi connectivity index (χ1v) is 6.83. The molecule has 1 unspecified atom stereocenters. The Morgan fingerprint density at radius 1 is 1.38 bits per heavy atom. The van der Waals surface area contributed by atoms with Gasteiger partial charge < -0.3 is 25.0 Å². The number of piperazine rings is 1. The maximum atomic E-state index is 11.9. The molecular formula is C11H19N5O5. The maximum Gasteiger partial charge on any atom is 0.409 e. The largest absolute Gasteiger partial charge is 0.447 e. The van der Waals surface area contributed by atoms with Crippen molar-refractivity contribution in [1.29, 1.82) is 0 Å². The zero-order chi connectivity index (χ0) is 15.2. The fraction of sp³-hybridized carbons (Fsp3) is 0.818. The quantitative estimate of drug-likeness (QED) is 0.320. The molecule has 1 amide bonds. The van der Waals surface area contributed by atoms with Gasteiger partial charge in [-0.05, 0) is 12.8 Å². The van der Waals surface area contributed by atoms with E-state index in [0.29, 0.717) is 26.2 Å². The lowest BCUT2D eigenvalue weighted by Crippen LogP contribution is -2.53. The van der Waals surface area contributed by atoms with Gasteiger partial charge in [0.2, 0.25) is 0 Å². The summed E-state index contributed by atoms with van der Waals surface area (Å²) in [6.45, 7) is 2.53. The second-order valence-electron chi connectivity index (χ2n) is 4.88. The number of amides is 1. The minimum atomic E-state index is -0.836. The summed E-state index contributed by atoms with van der Waals surface area (Å²) in [6.07, 6.45) is 1.51. The Labute approximate surface area is 121 Å². The van der Waals surface area contributed by atoms with Crippen LogP contribution in [-0.2, 0) is 9.47 Å². The van der Waals surface area contributed by atoms with E-state index < -0.39 is 11.1 Å². The summed E-state index contributed by atoms with van der Waals surface area (Å²) < 4.78 is 10.6. The Balaban J connectivity index is 1.72. The van der Waals surface area contributed by atoms with Gasteiger partial charge in [0.15, 0.2) is 5.03 Å². The monoisotopic (exact) mass is 301 g/mol. The zero-order valence-electron chi connectivity index (χ0n) is 11.6. The molecule has 0 radical (unpaired) electrons. The number of ether oxygens (including phenoxy) is 2. The van der Waals surface area contributed by atoms with Crippen LogP contribution in [0.15, 0.2) is 5.10 Å². The van der Waals surface area contributed by atoms with Crippen molar-refractivity contribution in [2.75, 3.05) is 39.4 Å². The van der Waals surface area contributed by atoms with Gasteiger partial charge in [-0.15, -0.1) is 0 Å². The third-order valence-corrected chi connectivity index (χ3v) is 3.46. The molecule has 2 rings (SSSR count). The molecule has 21 heavy (non-hydrogen) atoms. The second kappa shape index (κ2) is 7.07. The number of hydrazone groups is 1. The summed E-state index contributed by atoms with van der Waals surface area (Å²) >= 11 is 0. The summed E-state index contributed by atoms with van der Waals surface area (Å²) in [5.74, 6) is -0.146. The maximum absolute atomic E-state index is 11.9.